The summed E-state index contributed by atoms with van der Waals surface area (Å²) in [4.78, 5) is 2.27. The summed E-state index contributed by atoms with van der Waals surface area (Å²) in [5, 5.41) is 0. The van der Waals surface area contributed by atoms with Gasteiger partial charge in [0.2, 0.25) is 0 Å². The van der Waals surface area contributed by atoms with E-state index in [1.807, 2.05) is 0 Å². The molecule has 1 heterocycles. The molecule has 1 saturated heterocycles. The van der Waals surface area contributed by atoms with Crippen LogP contribution in [0.2, 0.25) is 0 Å². The van der Waals surface area contributed by atoms with Crippen LogP contribution in [0.25, 0.3) is 0 Å². The molecule has 0 unspecified atom stereocenters. The summed E-state index contributed by atoms with van der Waals surface area (Å²) in [7, 11) is -0.938. The van der Waals surface area contributed by atoms with Gasteiger partial charge in [-0.25, -0.2) is 0 Å². The molecule has 5 nitrogen and oxygen atoms in total. The van der Waals surface area contributed by atoms with Crippen molar-refractivity contribution in [2.24, 2.45) is 0 Å². The molecule has 0 radical (unpaired) electrons. The first-order chi connectivity index (χ1) is 8.09. The molecule has 0 aromatic carbocycles. The van der Waals surface area contributed by atoms with E-state index < -0.39 is 7.60 Å². The average Bonchev–Trinajstić information content (AvgIpc) is 2.29. The molecular formula is C11H24NO4P. The molecule has 6 heteroatoms. The second-order valence-electron chi connectivity index (χ2n) is 4.24. The third-order valence-corrected chi connectivity index (χ3v) is 4.55. The largest absolute Gasteiger partial charge is 0.365 e. The van der Waals surface area contributed by atoms with Crippen molar-refractivity contribution in [2.45, 2.75) is 32.8 Å². The molecule has 0 aliphatic carbocycles. The Morgan fingerprint density at radius 1 is 1.18 bits per heavy atom. The van der Waals surface area contributed by atoms with Gasteiger partial charge >= 0.3 is 7.60 Å². The predicted octanol–water partition coefficient (Wildman–Crippen LogP) is 2.32. The Morgan fingerprint density at radius 2 is 1.71 bits per heavy atom. The number of rotatable bonds is 7. The molecule has 1 aliphatic rings. The number of piperidine rings is 1. The molecule has 0 aromatic heterocycles. The van der Waals surface area contributed by atoms with Gasteiger partial charge in [0.15, 0.2) is 0 Å². The second kappa shape index (κ2) is 7.49. The summed E-state index contributed by atoms with van der Waals surface area (Å²) in [6.45, 7) is 6.43. The molecule has 0 amide bonds. The van der Waals surface area contributed by atoms with Crippen LogP contribution in [0.15, 0.2) is 0 Å². The Bertz CT molecular complexity index is 244. The number of likely N-dealkylation sites (tertiary alicyclic amines) is 1. The first-order valence-electron chi connectivity index (χ1n) is 6.28. The topological polar surface area (TPSA) is 48.0 Å². The van der Waals surface area contributed by atoms with E-state index in [2.05, 4.69) is 11.9 Å². The second-order valence-corrected chi connectivity index (χ2v) is 6.24. The van der Waals surface area contributed by atoms with Crippen LogP contribution >= 0.6 is 7.60 Å². The molecule has 0 saturated carbocycles. The van der Waals surface area contributed by atoms with Gasteiger partial charge in [-0.2, -0.15) is 0 Å². The van der Waals surface area contributed by atoms with Gasteiger partial charge in [0, 0.05) is 13.1 Å². The fraction of sp³-hybridized carbons (Fsp3) is 1.00. The third-order valence-electron chi connectivity index (χ3n) is 2.79. The Hall–Kier alpha value is 0.0700. The van der Waals surface area contributed by atoms with Gasteiger partial charge < -0.3 is 18.7 Å². The van der Waals surface area contributed by atoms with Crippen molar-refractivity contribution in [1.82, 2.24) is 4.90 Å². The van der Waals surface area contributed by atoms with Gasteiger partial charge in [0.05, 0.1) is 19.3 Å². The third kappa shape index (κ3) is 5.49. The van der Waals surface area contributed by atoms with E-state index in [0.29, 0.717) is 13.2 Å². The lowest BCUT2D eigenvalue weighted by molar-refractivity contribution is 0.0250. The number of hydrogen-bond acceptors (Lipinski definition) is 5. The predicted molar refractivity (Wildman–Crippen MR) is 67.3 cm³/mol. The first kappa shape index (κ1) is 15.1. The molecule has 102 valence electrons. The van der Waals surface area contributed by atoms with E-state index in [0.717, 1.165) is 25.9 Å². The van der Waals surface area contributed by atoms with E-state index in [1.54, 1.807) is 13.8 Å². The van der Waals surface area contributed by atoms with Crippen molar-refractivity contribution in [3.8, 4) is 0 Å². The van der Waals surface area contributed by atoms with Crippen molar-refractivity contribution in [3.63, 3.8) is 0 Å². The van der Waals surface area contributed by atoms with Crippen LogP contribution in [0.3, 0.4) is 0 Å². The molecule has 0 aromatic rings. The average molecular weight is 265 g/mol. The molecule has 1 fully saturated rings. The zero-order valence-electron chi connectivity index (χ0n) is 11.1. The summed E-state index contributed by atoms with van der Waals surface area (Å²) in [6.07, 6.45) is 2.22. The highest BCUT2D eigenvalue weighted by atomic mass is 31.2. The van der Waals surface area contributed by atoms with Crippen LogP contribution in [0.5, 0.6) is 0 Å². The highest BCUT2D eigenvalue weighted by Crippen LogP contribution is 2.48. The van der Waals surface area contributed by atoms with Gasteiger partial charge in [0.1, 0.15) is 6.35 Å². The minimum Gasteiger partial charge on any atom is -0.365 e. The summed E-state index contributed by atoms with van der Waals surface area (Å²) in [5.74, 6) is 0. The Morgan fingerprint density at radius 3 is 2.18 bits per heavy atom. The summed E-state index contributed by atoms with van der Waals surface area (Å²) in [5.41, 5.74) is 0. The summed E-state index contributed by atoms with van der Waals surface area (Å²) in [6, 6.07) is 0. The van der Waals surface area contributed by atoms with Crippen molar-refractivity contribution < 1.29 is 18.3 Å². The van der Waals surface area contributed by atoms with Crippen molar-refractivity contribution in [1.29, 1.82) is 0 Å². The van der Waals surface area contributed by atoms with E-state index in [9.17, 15) is 4.57 Å². The molecule has 17 heavy (non-hydrogen) atoms. The lowest BCUT2D eigenvalue weighted by Crippen LogP contribution is -2.34. The first-order valence-corrected chi connectivity index (χ1v) is 8.00. The van der Waals surface area contributed by atoms with Crippen LogP contribution in [0.4, 0.5) is 0 Å². The molecule has 1 aliphatic heterocycles. The fourth-order valence-corrected chi connectivity index (χ4v) is 3.26. The minimum absolute atomic E-state index is 0.0725. The Labute approximate surface area is 104 Å². The molecule has 0 N–H and O–H groups in total. The maximum atomic E-state index is 12.1. The van der Waals surface area contributed by atoms with E-state index in [-0.39, 0.29) is 12.5 Å². The fourth-order valence-electron chi connectivity index (χ4n) is 1.85. The lowest BCUT2D eigenvalue weighted by Gasteiger charge is -2.29. The zero-order valence-corrected chi connectivity index (χ0v) is 11.9. The Balaban J connectivity index is 2.33. The minimum atomic E-state index is -3.04. The monoisotopic (exact) mass is 265 g/mol. The number of hydrogen-bond donors (Lipinski definition) is 0. The molecule has 1 rings (SSSR count). The highest BCUT2D eigenvalue weighted by Gasteiger charge is 2.27. The standard InChI is InChI=1S/C11H24NO4P/c1-4-15-17(13,16-5-2)10-14-11-6-8-12(3)9-7-11/h11H,4-10H2,1-3H3. The number of ether oxygens (including phenoxy) is 1. The van der Waals surface area contributed by atoms with Gasteiger partial charge in [-0.15, -0.1) is 0 Å². The normalized spacial score (nSPS) is 19.7. The highest BCUT2D eigenvalue weighted by molar-refractivity contribution is 7.53. The van der Waals surface area contributed by atoms with Gasteiger partial charge in [0.25, 0.3) is 0 Å². The molecular weight excluding hydrogens is 241 g/mol. The molecule has 0 atom stereocenters. The van der Waals surface area contributed by atoms with Crippen LogP contribution in [-0.2, 0) is 18.3 Å². The molecule has 0 bridgehead atoms. The van der Waals surface area contributed by atoms with Crippen molar-refractivity contribution in [3.05, 3.63) is 0 Å². The quantitative estimate of drug-likeness (QED) is 0.661. The van der Waals surface area contributed by atoms with Crippen LogP contribution < -0.4 is 0 Å². The van der Waals surface area contributed by atoms with Gasteiger partial charge in [-0.3, -0.25) is 4.57 Å². The van der Waals surface area contributed by atoms with Crippen molar-refractivity contribution in [2.75, 3.05) is 39.7 Å². The van der Waals surface area contributed by atoms with Crippen LogP contribution in [0.1, 0.15) is 26.7 Å². The Kier molecular flexibility index (Phi) is 6.67. The van der Waals surface area contributed by atoms with E-state index >= 15 is 0 Å². The van der Waals surface area contributed by atoms with Gasteiger partial charge in [-0.1, -0.05) is 0 Å². The SMILES string of the molecule is CCOP(=O)(COC1CCN(C)CC1)OCC. The van der Waals surface area contributed by atoms with E-state index in [4.69, 9.17) is 13.8 Å². The lowest BCUT2D eigenvalue weighted by atomic mass is 10.1. The molecule has 0 spiro atoms. The zero-order chi connectivity index (χ0) is 12.7. The summed E-state index contributed by atoms with van der Waals surface area (Å²) >= 11 is 0. The maximum Gasteiger partial charge on any atom is 0.356 e. The van der Waals surface area contributed by atoms with Crippen molar-refractivity contribution >= 4 is 7.60 Å². The smallest absolute Gasteiger partial charge is 0.356 e. The number of nitrogens with zero attached hydrogens (tertiary/aromatic N) is 1. The van der Waals surface area contributed by atoms with E-state index in [1.165, 1.54) is 0 Å². The van der Waals surface area contributed by atoms with Gasteiger partial charge in [-0.05, 0) is 33.7 Å². The maximum absolute atomic E-state index is 12.1. The van der Waals surface area contributed by atoms with Crippen LogP contribution in [-0.4, -0.2) is 50.7 Å². The van der Waals surface area contributed by atoms with Crippen LogP contribution in [0, 0.1) is 0 Å². The summed E-state index contributed by atoms with van der Waals surface area (Å²) < 4.78 is 28.2.